The zero-order valence-electron chi connectivity index (χ0n) is 9.35. The Balaban J connectivity index is 1.93. The topological polar surface area (TPSA) is 47.9 Å². The van der Waals surface area contributed by atoms with Gasteiger partial charge in [-0.1, -0.05) is 15.9 Å². The molecular formula is C12H12BrNO3. The van der Waals surface area contributed by atoms with Gasteiger partial charge in [-0.15, -0.1) is 0 Å². The highest BCUT2D eigenvalue weighted by atomic mass is 79.9. The predicted molar refractivity (Wildman–Crippen MR) is 67.1 cm³/mol. The third-order valence-corrected chi connectivity index (χ3v) is 2.81. The average molecular weight is 298 g/mol. The van der Waals surface area contributed by atoms with E-state index in [2.05, 4.69) is 20.9 Å². The van der Waals surface area contributed by atoms with Crippen molar-refractivity contribution in [3.63, 3.8) is 0 Å². The van der Waals surface area contributed by atoms with E-state index >= 15 is 0 Å². The second-order valence-corrected chi connectivity index (χ2v) is 4.61. The number of carbonyl (C=O) groups is 1. The van der Waals surface area contributed by atoms with Gasteiger partial charge < -0.3 is 9.47 Å². The summed E-state index contributed by atoms with van der Waals surface area (Å²) in [6.07, 6.45) is -0.169. The number of halogens is 1. The van der Waals surface area contributed by atoms with Crippen molar-refractivity contribution < 1.29 is 14.3 Å². The summed E-state index contributed by atoms with van der Waals surface area (Å²) in [5.41, 5.74) is 0.929. The molecule has 0 spiro atoms. The molecule has 90 valence electrons. The Kier molecular flexibility index (Phi) is 3.78. The van der Waals surface area contributed by atoms with Crippen LogP contribution < -0.4 is 0 Å². The molecule has 0 saturated heterocycles. The molecule has 1 atom stereocenters. The third kappa shape index (κ3) is 3.30. The van der Waals surface area contributed by atoms with Crippen LogP contribution in [0.4, 0.5) is 0 Å². The maximum atomic E-state index is 10.7. The lowest BCUT2D eigenvalue weighted by Gasteiger charge is -2.10. The Hall–Kier alpha value is -1.36. The minimum absolute atomic E-state index is 0.169. The summed E-state index contributed by atoms with van der Waals surface area (Å²) in [7, 11) is 0. The second kappa shape index (κ2) is 5.31. The van der Waals surface area contributed by atoms with Crippen LogP contribution in [0, 0.1) is 0 Å². The van der Waals surface area contributed by atoms with Crippen molar-refractivity contribution in [3.8, 4) is 0 Å². The maximum absolute atomic E-state index is 10.7. The van der Waals surface area contributed by atoms with E-state index in [4.69, 9.17) is 9.47 Å². The van der Waals surface area contributed by atoms with Gasteiger partial charge >= 0.3 is 5.97 Å². The highest BCUT2D eigenvalue weighted by Gasteiger charge is 2.21. The summed E-state index contributed by atoms with van der Waals surface area (Å²) in [6, 6.07) is 7.72. The number of aliphatic imine (C=N–C) groups is 1. The van der Waals surface area contributed by atoms with Crippen LogP contribution in [0.5, 0.6) is 0 Å². The molecule has 1 aliphatic heterocycles. The van der Waals surface area contributed by atoms with Gasteiger partial charge in [0.25, 0.3) is 0 Å². The SMILES string of the molecule is CC(=O)OCC1CN=C(c2ccc(Br)cc2)O1. The summed E-state index contributed by atoms with van der Waals surface area (Å²) < 4.78 is 11.5. The number of hydrogen-bond donors (Lipinski definition) is 0. The molecule has 0 bridgehead atoms. The van der Waals surface area contributed by atoms with Gasteiger partial charge in [0.1, 0.15) is 6.61 Å². The predicted octanol–water partition coefficient (Wildman–Crippen LogP) is 2.16. The molecule has 0 fully saturated rings. The van der Waals surface area contributed by atoms with E-state index in [-0.39, 0.29) is 18.7 Å². The smallest absolute Gasteiger partial charge is 0.302 e. The average Bonchev–Trinajstić information content (AvgIpc) is 2.76. The monoisotopic (exact) mass is 297 g/mol. The fraction of sp³-hybridized carbons (Fsp3) is 0.333. The fourth-order valence-corrected chi connectivity index (χ4v) is 1.73. The minimum atomic E-state index is -0.300. The molecule has 1 aromatic rings. The Morgan fingerprint density at radius 3 is 2.88 bits per heavy atom. The Morgan fingerprint density at radius 1 is 1.53 bits per heavy atom. The van der Waals surface area contributed by atoms with Crippen molar-refractivity contribution in [2.75, 3.05) is 13.2 Å². The van der Waals surface area contributed by atoms with E-state index < -0.39 is 0 Å². The van der Waals surface area contributed by atoms with Crippen molar-refractivity contribution in [2.24, 2.45) is 4.99 Å². The molecule has 2 rings (SSSR count). The van der Waals surface area contributed by atoms with Crippen molar-refractivity contribution in [3.05, 3.63) is 34.3 Å². The molecule has 0 radical (unpaired) electrons. The van der Waals surface area contributed by atoms with E-state index in [0.29, 0.717) is 12.4 Å². The van der Waals surface area contributed by atoms with Crippen molar-refractivity contribution in [2.45, 2.75) is 13.0 Å². The zero-order valence-corrected chi connectivity index (χ0v) is 10.9. The van der Waals surface area contributed by atoms with Gasteiger partial charge in [-0.25, -0.2) is 4.99 Å². The van der Waals surface area contributed by atoms with Gasteiger partial charge in [-0.05, 0) is 24.3 Å². The van der Waals surface area contributed by atoms with Gasteiger partial charge in [0.05, 0.1) is 6.54 Å². The van der Waals surface area contributed by atoms with E-state index in [1.807, 2.05) is 24.3 Å². The molecule has 17 heavy (non-hydrogen) atoms. The van der Waals surface area contributed by atoms with Gasteiger partial charge in [0.2, 0.25) is 5.90 Å². The first-order chi connectivity index (χ1) is 8.15. The van der Waals surface area contributed by atoms with E-state index in [0.717, 1.165) is 10.0 Å². The van der Waals surface area contributed by atoms with E-state index in [9.17, 15) is 4.79 Å². The number of nitrogens with zero attached hydrogens (tertiary/aromatic N) is 1. The standard InChI is InChI=1S/C12H12BrNO3/c1-8(15)16-7-11-6-14-12(17-11)9-2-4-10(13)5-3-9/h2-5,11H,6-7H2,1H3. The minimum Gasteiger partial charge on any atom is -0.469 e. The Labute approximate surface area is 108 Å². The van der Waals surface area contributed by atoms with Crippen LogP contribution in [0.2, 0.25) is 0 Å². The first-order valence-electron chi connectivity index (χ1n) is 5.25. The van der Waals surface area contributed by atoms with Crippen LogP contribution in [-0.2, 0) is 14.3 Å². The van der Waals surface area contributed by atoms with Crippen LogP contribution in [0.15, 0.2) is 33.7 Å². The second-order valence-electron chi connectivity index (χ2n) is 3.70. The Morgan fingerprint density at radius 2 is 2.24 bits per heavy atom. The summed E-state index contributed by atoms with van der Waals surface area (Å²) in [5.74, 6) is 0.306. The summed E-state index contributed by atoms with van der Waals surface area (Å²) in [4.78, 5) is 15.0. The number of carbonyl (C=O) groups excluding carboxylic acids is 1. The number of benzene rings is 1. The van der Waals surface area contributed by atoms with Crippen LogP contribution in [-0.4, -0.2) is 31.1 Å². The highest BCUT2D eigenvalue weighted by Crippen LogP contribution is 2.16. The van der Waals surface area contributed by atoms with Gasteiger partial charge in [-0.2, -0.15) is 0 Å². The van der Waals surface area contributed by atoms with Gasteiger partial charge in [-0.3, -0.25) is 4.79 Å². The Bertz CT molecular complexity index is 442. The normalized spacial score (nSPS) is 18.5. The molecule has 0 amide bonds. The summed E-state index contributed by atoms with van der Waals surface area (Å²) in [5, 5.41) is 0. The molecule has 1 aromatic carbocycles. The van der Waals surface area contributed by atoms with Gasteiger partial charge in [0, 0.05) is 17.0 Å². The van der Waals surface area contributed by atoms with Crippen molar-refractivity contribution >= 4 is 27.8 Å². The first kappa shape index (κ1) is 12.1. The van der Waals surface area contributed by atoms with Crippen LogP contribution in [0.25, 0.3) is 0 Å². The van der Waals surface area contributed by atoms with Crippen molar-refractivity contribution in [1.82, 2.24) is 0 Å². The van der Waals surface area contributed by atoms with E-state index in [1.54, 1.807) is 0 Å². The quantitative estimate of drug-likeness (QED) is 0.803. The lowest BCUT2D eigenvalue weighted by molar-refractivity contribution is -0.143. The lowest BCUT2D eigenvalue weighted by Crippen LogP contribution is -2.21. The fourth-order valence-electron chi connectivity index (χ4n) is 1.47. The van der Waals surface area contributed by atoms with Gasteiger partial charge in [0.15, 0.2) is 6.10 Å². The number of ether oxygens (including phenoxy) is 2. The zero-order chi connectivity index (χ0) is 12.3. The number of rotatable bonds is 3. The third-order valence-electron chi connectivity index (χ3n) is 2.28. The van der Waals surface area contributed by atoms with E-state index in [1.165, 1.54) is 6.92 Å². The lowest BCUT2D eigenvalue weighted by atomic mass is 10.2. The van der Waals surface area contributed by atoms with Crippen LogP contribution in [0.1, 0.15) is 12.5 Å². The molecular weight excluding hydrogens is 286 g/mol. The molecule has 5 heteroatoms. The molecule has 1 aliphatic rings. The molecule has 0 N–H and O–H groups in total. The number of hydrogen-bond acceptors (Lipinski definition) is 4. The van der Waals surface area contributed by atoms with Crippen molar-refractivity contribution in [1.29, 1.82) is 0 Å². The largest absolute Gasteiger partial charge is 0.469 e. The summed E-state index contributed by atoms with van der Waals surface area (Å²) >= 11 is 3.37. The molecule has 1 unspecified atom stereocenters. The highest BCUT2D eigenvalue weighted by molar-refractivity contribution is 9.10. The summed E-state index contributed by atoms with van der Waals surface area (Å²) in [6.45, 7) is 2.16. The molecule has 4 nitrogen and oxygen atoms in total. The maximum Gasteiger partial charge on any atom is 0.302 e. The molecule has 0 aromatic heterocycles. The number of esters is 1. The molecule has 0 aliphatic carbocycles. The first-order valence-corrected chi connectivity index (χ1v) is 6.05. The molecule has 1 heterocycles. The van der Waals surface area contributed by atoms with Crippen LogP contribution >= 0.6 is 15.9 Å². The molecule has 0 saturated carbocycles. The van der Waals surface area contributed by atoms with Crippen LogP contribution in [0.3, 0.4) is 0 Å².